The summed E-state index contributed by atoms with van der Waals surface area (Å²) in [6.07, 6.45) is 1.72. The van der Waals surface area contributed by atoms with Crippen molar-refractivity contribution in [1.82, 2.24) is 10.3 Å². The Kier molecular flexibility index (Phi) is 6.53. The molecule has 3 rings (SSSR count). The Labute approximate surface area is 154 Å². The lowest BCUT2D eigenvalue weighted by Crippen LogP contribution is -2.43. The lowest BCUT2D eigenvalue weighted by atomic mass is 10.2. The van der Waals surface area contributed by atoms with Crippen LogP contribution < -0.4 is 15.5 Å². The molecule has 1 aromatic carbocycles. The summed E-state index contributed by atoms with van der Waals surface area (Å²) in [6.45, 7) is 3.75. The molecule has 1 aromatic heterocycles. The van der Waals surface area contributed by atoms with Gasteiger partial charge >= 0.3 is 0 Å². The van der Waals surface area contributed by atoms with Gasteiger partial charge in [0.2, 0.25) is 0 Å². The van der Waals surface area contributed by atoms with Crippen molar-refractivity contribution in [3.63, 3.8) is 0 Å². The number of rotatable bonds is 3. The molecule has 1 aliphatic heterocycles. The first-order valence-corrected chi connectivity index (χ1v) is 8.11. The second kappa shape index (κ2) is 8.41. The Bertz CT molecular complexity index is 708. The first-order valence-electron chi connectivity index (χ1n) is 7.31. The molecular formula is C16H17BrClFN4O. The number of piperazine rings is 1. The molecule has 0 radical (unpaired) electrons. The van der Waals surface area contributed by atoms with Crippen molar-refractivity contribution in [2.75, 3.05) is 36.4 Å². The molecule has 5 nitrogen and oxygen atoms in total. The molecule has 0 spiro atoms. The fraction of sp³-hybridized carbons (Fsp3) is 0.250. The third-order valence-electron chi connectivity index (χ3n) is 3.65. The normalized spacial score (nSPS) is 14.0. The van der Waals surface area contributed by atoms with Gasteiger partial charge in [-0.2, -0.15) is 0 Å². The number of carbonyl (C=O) groups is 1. The van der Waals surface area contributed by atoms with Gasteiger partial charge < -0.3 is 15.5 Å². The molecule has 128 valence electrons. The maximum Gasteiger partial charge on any atom is 0.259 e. The predicted molar refractivity (Wildman–Crippen MR) is 98.6 cm³/mol. The van der Waals surface area contributed by atoms with Gasteiger partial charge in [0.1, 0.15) is 11.6 Å². The van der Waals surface area contributed by atoms with Gasteiger partial charge in [-0.1, -0.05) is 15.9 Å². The number of aromatic nitrogens is 1. The third kappa shape index (κ3) is 4.43. The van der Waals surface area contributed by atoms with E-state index in [9.17, 15) is 9.18 Å². The fourth-order valence-corrected chi connectivity index (χ4v) is 2.76. The van der Waals surface area contributed by atoms with E-state index < -0.39 is 11.7 Å². The summed E-state index contributed by atoms with van der Waals surface area (Å²) >= 11 is 3.16. The second-order valence-electron chi connectivity index (χ2n) is 5.22. The molecule has 1 aliphatic rings. The molecule has 1 saturated heterocycles. The first-order chi connectivity index (χ1) is 11.1. The summed E-state index contributed by atoms with van der Waals surface area (Å²) in [7, 11) is 0. The first kappa shape index (κ1) is 18.6. The molecule has 1 fully saturated rings. The molecule has 2 heterocycles. The number of benzene rings is 1. The Morgan fingerprint density at radius 3 is 2.62 bits per heavy atom. The van der Waals surface area contributed by atoms with Crippen molar-refractivity contribution in [3.8, 4) is 0 Å². The van der Waals surface area contributed by atoms with Crippen LogP contribution in [0.2, 0.25) is 0 Å². The SMILES string of the molecule is Cl.O=C(Nc1ccc(N2CCNCC2)cn1)c1ccc(Br)cc1F. The Morgan fingerprint density at radius 2 is 2.00 bits per heavy atom. The van der Waals surface area contributed by atoms with Crippen molar-refractivity contribution in [2.45, 2.75) is 0 Å². The van der Waals surface area contributed by atoms with Crippen LogP contribution in [0.3, 0.4) is 0 Å². The van der Waals surface area contributed by atoms with Crippen LogP contribution in [0.25, 0.3) is 0 Å². The van der Waals surface area contributed by atoms with Crippen molar-refractivity contribution in [1.29, 1.82) is 0 Å². The molecule has 0 unspecified atom stereocenters. The molecule has 8 heteroatoms. The van der Waals surface area contributed by atoms with Crippen LogP contribution in [0.15, 0.2) is 41.0 Å². The van der Waals surface area contributed by atoms with Gasteiger partial charge in [0.25, 0.3) is 5.91 Å². The number of anilines is 2. The van der Waals surface area contributed by atoms with Crippen LogP contribution in [0.1, 0.15) is 10.4 Å². The van der Waals surface area contributed by atoms with E-state index in [2.05, 4.69) is 36.4 Å². The largest absolute Gasteiger partial charge is 0.368 e. The van der Waals surface area contributed by atoms with Crippen molar-refractivity contribution < 1.29 is 9.18 Å². The lowest BCUT2D eigenvalue weighted by Gasteiger charge is -2.29. The summed E-state index contributed by atoms with van der Waals surface area (Å²) < 4.78 is 14.4. The Hall–Kier alpha value is -1.70. The minimum Gasteiger partial charge on any atom is -0.368 e. The Morgan fingerprint density at radius 1 is 1.25 bits per heavy atom. The van der Waals surface area contributed by atoms with Crippen LogP contribution in [0, 0.1) is 5.82 Å². The molecule has 24 heavy (non-hydrogen) atoms. The number of nitrogens with zero attached hydrogens (tertiary/aromatic N) is 2. The maximum atomic E-state index is 13.8. The van der Waals surface area contributed by atoms with E-state index in [1.165, 1.54) is 12.1 Å². The summed E-state index contributed by atoms with van der Waals surface area (Å²) in [5.74, 6) is -0.692. The van der Waals surface area contributed by atoms with Gasteiger partial charge in [-0.3, -0.25) is 4.79 Å². The molecule has 0 saturated carbocycles. The summed E-state index contributed by atoms with van der Waals surface area (Å²) in [4.78, 5) is 18.6. The zero-order chi connectivity index (χ0) is 16.2. The topological polar surface area (TPSA) is 57.3 Å². The van der Waals surface area contributed by atoms with E-state index in [0.29, 0.717) is 10.3 Å². The average Bonchev–Trinajstić information content (AvgIpc) is 2.56. The van der Waals surface area contributed by atoms with E-state index in [4.69, 9.17) is 0 Å². The molecule has 2 aromatic rings. The van der Waals surface area contributed by atoms with E-state index in [1.807, 2.05) is 6.07 Å². The summed E-state index contributed by atoms with van der Waals surface area (Å²) in [5, 5.41) is 5.90. The van der Waals surface area contributed by atoms with Crippen LogP contribution >= 0.6 is 28.3 Å². The molecule has 0 bridgehead atoms. The van der Waals surface area contributed by atoms with E-state index in [0.717, 1.165) is 31.9 Å². The molecule has 2 N–H and O–H groups in total. The minimum absolute atomic E-state index is 0. The van der Waals surface area contributed by atoms with Gasteiger partial charge in [-0.15, -0.1) is 12.4 Å². The fourth-order valence-electron chi connectivity index (χ4n) is 2.43. The number of carbonyl (C=O) groups excluding carboxylic acids is 1. The zero-order valence-electron chi connectivity index (χ0n) is 12.8. The number of pyridine rings is 1. The predicted octanol–water partition coefficient (Wildman–Crippen LogP) is 3.07. The molecule has 1 amide bonds. The monoisotopic (exact) mass is 414 g/mol. The van der Waals surface area contributed by atoms with Crippen molar-refractivity contribution in [3.05, 3.63) is 52.4 Å². The number of halogens is 3. The average molecular weight is 416 g/mol. The van der Waals surface area contributed by atoms with Crippen LogP contribution in [-0.4, -0.2) is 37.1 Å². The summed E-state index contributed by atoms with van der Waals surface area (Å²) in [6, 6.07) is 7.95. The lowest BCUT2D eigenvalue weighted by molar-refractivity contribution is 0.102. The van der Waals surface area contributed by atoms with Gasteiger partial charge in [0.05, 0.1) is 17.4 Å². The van der Waals surface area contributed by atoms with Crippen LogP contribution in [-0.2, 0) is 0 Å². The van der Waals surface area contributed by atoms with Crippen molar-refractivity contribution >= 4 is 45.7 Å². The number of nitrogens with one attached hydrogen (secondary N) is 2. The highest BCUT2D eigenvalue weighted by atomic mass is 79.9. The second-order valence-corrected chi connectivity index (χ2v) is 6.13. The van der Waals surface area contributed by atoms with Gasteiger partial charge in [-0.25, -0.2) is 9.37 Å². The number of amides is 1. The van der Waals surface area contributed by atoms with Crippen LogP contribution in [0.5, 0.6) is 0 Å². The van der Waals surface area contributed by atoms with Gasteiger partial charge in [-0.05, 0) is 30.3 Å². The zero-order valence-corrected chi connectivity index (χ0v) is 15.2. The maximum absolute atomic E-state index is 13.8. The minimum atomic E-state index is -0.575. The third-order valence-corrected chi connectivity index (χ3v) is 4.14. The smallest absolute Gasteiger partial charge is 0.259 e. The summed E-state index contributed by atoms with van der Waals surface area (Å²) in [5.41, 5.74) is 1.00. The highest BCUT2D eigenvalue weighted by Crippen LogP contribution is 2.18. The quantitative estimate of drug-likeness (QED) is 0.809. The molecule has 0 atom stereocenters. The van der Waals surface area contributed by atoms with E-state index in [-0.39, 0.29) is 18.0 Å². The van der Waals surface area contributed by atoms with Gasteiger partial charge in [0, 0.05) is 30.7 Å². The highest BCUT2D eigenvalue weighted by Gasteiger charge is 2.14. The highest BCUT2D eigenvalue weighted by molar-refractivity contribution is 9.10. The van der Waals surface area contributed by atoms with E-state index in [1.54, 1.807) is 18.3 Å². The van der Waals surface area contributed by atoms with Gasteiger partial charge in [0.15, 0.2) is 0 Å². The number of hydrogen-bond donors (Lipinski definition) is 2. The standard InChI is InChI=1S/C16H16BrFN4O.ClH/c17-11-1-3-13(14(18)9-11)16(23)21-15-4-2-12(10-20-15)22-7-5-19-6-8-22;/h1-4,9-10,19H,5-8H2,(H,20,21,23);1H. The molecular weight excluding hydrogens is 399 g/mol. The van der Waals surface area contributed by atoms with Crippen molar-refractivity contribution in [2.24, 2.45) is 0 Å². The Balaban J connectivity index is 0.00000208. The number of hydrogen-bond acceptors (Lipinski definition) is 4. The van der Waals surface area contributed by atoms with E-state index >= 15 is 0 Å². The van der Waals surface area contributed by atoms with Crippen LogP contribution in [0.4, 0.5) is 15.9 Å². The molecule has 0 aliphatic carbocycles.